The van der Waals surface area contributed by atoms with Crippen LogP contribution in [0.1, 0.15) is 63.4 Å². The third-order valence-electron chi connectivity index (χ3n) is 6.92. The molecule has 4 nitrogen and oxygen atoms in total. The molecular formula is C28H29NO3. The molecule has 1 atom stereocenters. The van der Waals surface area contributed by atoms with Gasteiger partial charge in [0.15, 0.2) is 5.78 Å². The average Bonchev–Trinajstić information content (AvgIpc) is 3.32. The summed E-state index contributed by atoms with van der Waals surface area (Å²) in [5, 5.41) is 3.38. The zero-order chi connectivity index (χ0) is 22.1. The third kappa shape index (κ3) is 3.90. The molecule has 4 heteroatoms. The summed E-state index contributed by atoms with van der Waals surface area (Å²) in [6.07, 6.45) is 6.26. The molecule has 0 unspecified atom stereocenters. The lowest BCUT2D eigenvalue weighted by atomic mass is 9.75. The molecule has 2 aliphatic carbocycles. The second-order valence-corrected chi connectivity index (χ2v) is 9.07. The number of hydrogen-bond acceptors (Lipinski definition) is 4. The fraction of sp³-hybridized carbons (Fsp3) is 0.357. The number of rotatable bonds is 4. The van der Waals surface area contributed by atoms with Gasteiger partial charge in [0.1, 0.15) is 6.10 Å². The van der Waals surface area contributed by atoms with Gasteiger partial charge < -0.3 is 10.1 Å². The van der Waals surface area contributed by atoms with Gasteiger partial charge in [0, 0.05) is 29.3 Å². The molecular weight excluding hydrogens is 398 g/mol. The van der Waals surface area contributed by atoms with Crippen molar-refractivity contribution in [3.8, 4) is 11.1 Å². The number of benzene rings is 2. The van der Waals surface area contributed by atoms with E-state index in [1.54, 1.807) is 0 Å². The molecule has 3 aliphatic rings. The molecule has 1 fully saturated rings. The largest absolute Gasteiger partial charge is 0.459 e. The molecule has 1 heterocycles. The van der Waals surface area contributed by atoms with Crippen molar-refractivity contribution in [2.24, 2.45) is 0 Å². The van der Waals surface area contributed by atoms with Crippen molar-refractivity contribution in [3.05, 3.63) is 82.7 Å². The minimum atomic E-state index is -0.377. The Hall–Kier alpha value is -3.14. The van der Waals surface area contributed by atoms with Gasteiger partial charge in [-0.3, -0.25) is 4.79 Å². The van der Waals surface area contributed by atoms with E-state index in [4.69, 9.17) is 4.74 Å². The average molecular weight is 428 g/mol. The Morgan fingerprint density at radius 3 is 2.31 bits per heavy atom. The number of nitrogens with one attached hydrogen (secondary N) is 1. The van der Waals surface area contributed by atoms with Gasteiger partial charge >= 0.3 is 5.97 Å². The third-order valence-corrected chi connectivity index (χ3v) is 6.92. The number of ether oxygens (including phenoxy) is 1. The molecule has 1 saturated carbocycles. The van der Waals surface area contributed by atoms with Crippen LogP contribution in [-0.2, 0) is 14.3 Å². The van der Waals surface area contributed by atoms with Crippen LogP contribution in [0.25, 0.3) is 11.1 Å². The van der Waals surface area contributed by atoms with E-state index in [-0.39, 0.29) is 23.8 Å². The quantitative estimate of drug-likeness (QED) is 0.626. The maximum absolute atomic E-state index is 13.4. The van der Waals surface area contributed by atoms with Gasteiger partial charge in [0.25, 0.3) is 0 Å². The zero-order valence-corrected chi connectivity index (χ0v) is 18.5. The van der Waals surface area contributed by atoms with E-state index in [9.17, 15) is 9.59 Å². The highest BCUT2D eigenvalue weighted by molar-refractivity contribution is 6.03. The predicted octanol–water partition coefficient (Wildman–Crippen LogP) is 5.81. The van der Waals surface area contributed by atoms with Gasteiger partial charge in [-0.2, -0.15) is 0 Å². The lowest BCUT2D eigenvalue weighted by molar-refractivity contribution is -0.144. The fourth-order valence-electron chi connectivity index (χ4n) is 5.31. The van der Waals surface area contributed by atoms with Crippen LogP contribution >= 0.6 is 0 Å². The first-order chi connectivity index (χ1) is 15.6. The van der Waals surface area contributed by atoms with E-state index in [2.05, 4.69) is 41.7 Å². The Kier molecular flexibility index (Phi) is 5.69. The van der Waals surface area contributed by atoms with Crippen LogP contribution in [0.4, 0.5) is 0 Å². The van der Waals surface area contributed by atoms with Gasteiger partial charge in [-0.1, -0.05) is 54.6 Å². The van der Waals surface area contributed by atoms with Gasteiger partial charge in [0.05, 0.1) is 5.57 Å². The lowest BCUT2D eigenvalue weighted by Gasteiger charge is -2.34. The van der Waals surface area contributed by atoms with Crippen LogP contribution < -0.4 is 5.32 Å². The standard InChI is InChI=1S/C28H29NO3/c1-18-25(28(31)32-22-10-5-6-11-22)26(27-23(29-18)12-7-13-24(27)30)21-16-14-20(15-17-21)19-8-3-2-4-9-19/h2-4,8-9,14-17,22,26,29H,5-7,10-13H2,1H3/t26-/m1/s1. The maximum atomic E-state index is 13.4. The van der Waals surface area contributed by atoms with E-state index >= 15 is 0 Å². The highest BCUT2D eigenvalue weighted by Crippen LogP contribution is 2.43. The van der Waals surface area contributed by atoms with Crippen LogP contribution in [0, 0.1) is 0 Å². The molecule has 0 bridgehead atoms. The Labute approximate surface area is 189 Å². The first-order valence-electron chi connectivity index (χ1n) is 11.7. The zero-order valence-electron chi connectivity index (χ0n) is 18.5. The number of ketones is 1. The van der Waals surface area contributed by atoms with Crippen molar-refractivity contribution in [1.29, 1.82) is 0 Å². The van der Waals surface area contributed by atoms with Crippen molar-refractivity contribution < 1.29 is 14.3 Å². The molecule has 2 aromatic rings. The summed E-state index contributed by atoms with van der Waals surface area (Å²) >= 11 is 0. The van der Waals surface area contributed by atoms with Crippen LogP contribution in [0.2, 0.25) is 0 Å². The van der Waals surface area contributed by atoms with Gasteiger partial charge in [0.2, 0.25) is 0 Å². The van der Waals surface area contributed by atoms with Gasteiger partial charge in [-0.15, -0.1) is 0 Å². The minimum absolute atomic E-state index is 0.0126. The summed E-state index contributed by atoms with van der Waals surface area (Å²) in [5.74, 6) is -0.531. The van der Waals surface area contributed by atoms with Crippen molar-refractivity contribution in [2.75, 3.05) is 0 Å². The van der Waals surface area contributed by atoms with E-state index in [0.29, 0.717) is 12.0 Å². The number of Topliss-reactive ketones (excluding diaryl/α,β-unsaturated/α-hetero) is 1. The molecule has 1 aliphatic heterocycles. The van der Waals surface area contributed by atoms with E-state index in [1.807, 2.05) is 25.1 Å². The topological polar surface area (TPSA) is 55.4 Å². The van der Waals surface area contributed by atoms with Crippen molar-refractivity contribution >= 4 is 11.8 Å². The minimum Gasteiger partial charge on any atom is -0.459 e. The number of dihydropyridines is 1. The number of hydrogen-bond donors (Lipinski definition) is 1. The normalized spacial score (nSPS) is 21.4. The first-order valence-corrected chi connectivity index (χ1v) is 11.7. The number of esters is 1. The molecule has 5 rings (SSSR count). The number of carbonyl (C=O) groups is 2. The summed E-state index contributed by atoms with van der Waals surface area (Å²) < 4.78 is 5.91. The van der Waals surface area contributed by atoms with Crippen LogP contribution in [0.5, 0.6) is 0 Å². The molecule has 32 heavy (non-hydrogen) atoms. The molecule has 164 valence electrons. The van der Waals surface area contributed by atoms with E-state index in [1.165, 1.54) is 0 Å². The molecule has 0 aromatic heterocycles. The van der Waals surface area contributed by atoms with Crippen molar-refractivity contribution in [3.63, 3.8) is 0 Å². The molecule has 0 spiro atoms. The van der Waals surface area contributed by atoms with Crippen LogP contribution in [0.3, 0.4) is 0 Å². The van der Waals surface area contributed by atoms with Gasteiger partial charge in [-0.25, -0.2) is 4.79 Å². The molecule has 0 amide bonds. The number of allylic oxidation sites excluding steroid dienone is 3. The number of carbonyl (C=O) groups excluding carboxylic acids is 2. The smallest absolute Gasteiger partial charge is 0.337 e. The summed E-state index contributed by atoms with van der Waals surface area (Å²) in [7, 11) is 0. The van der Waals surface area contributed by atoms with Crippen molar-refractivity contribution in [1.82, 2.24) is 5.32 Å². The monoisotopic (exact) mass is 427 g/mol. The van der Waals surface area contributed by atoms with Crippen LogP contribution in [0.15, 0.2) is 77.1 Å². The van der Waals surface area contributed by atoms with Crippen LogP contribution in [-0.4, -0.2) is 17.9 Å². The summed E-state index contributed by atoms with van der Waals surface area (Å²) in [5.41, 5.74) is 6.32. The Morgan fingerprint density at radius 1 is 0.906 bits per heavy atom. The van der Waals surface area contributed by atoms with Crippen molar-refractivity contribution in [2.45, 2.75) is 63.9 Å². The summed E-state index contributed by atoms with van der Waals surface area (Å²) in [6.45, 7) is 1.93. The highest BCUT2D eigenvalue weighted by Gasteiger charge is 2.39. The summed E-state index contributed by atoms with van der Waals surface area (Å²) in [6, 6.07) is 18.5. The highest BCUT2D eigenvalue weighted by atomic mass is 16.5. The predicted molar refractivity (Wildman–Crippen MR) is 125 cm³/mol. The molecule has 0 saturated heterocycles. The molecule has 2 aromatic carbocycles. The lowest BCUT2D eigenvalue weighted by Crippen LogP contribution is -2.35. The first kappa shape index (κ1) is 20.7. The van der Waals surface area contributed by atoms with Gasteiger partial charge in [-0.05, 0) is 62.1 Å². The van der Waals surface area contributed by atoms with E-state index in [0.717, 1.165) is 72.2 Å². The Balaban J connectivity index is 1.54. The SMILES string of the molecule is CC1=C(C(=O)OC2CCCC2)[C@@H](c2ccc(-c3ccccc3)cc2)C2=C(CCCC2=O)N1. The Bertz CT molecular complexity index is 1090. The second-order valence-electron chi connectivity index (χ2n) is 9.07. The fourth-order valence-corrected chi connectivity index (χ4v) is 5.31. The van der Waals surface area contributed by atoms with E-state index < -0.39 is 0 Å². The Morgan fingerprint density at radius 2 is 1.59 bits per heavy atom. The second kappa shape index (κ2) is 8.78. The maximum Gasteiger partial charge on any atom is 0.337 e. The molecule has 1 N–H and O–H groups in total. The summed E-state index contributed by atoms with van der Waals surface area (Å²) in [4.78, 5) is 26.4. The molecule has 0 radical (unpaired) electrons.